The quantitative estimate of drug-likeness (QED) is 0.390. The molecule has 3 aromatic rings. The van der Waals surface area contributed by atoms with Gasteiger partial charge in [-0.15, -0.1) is 0 Å². The smallest absolute Gasteiger partial charge is 0.543 e. The number of hydrogen-bond donors (Lipinski definition) is 0. The molecular formula is C18H12N3O6Tb. The van der Waals surface area contributed by atoms with Crippen molar-refractivity contribution in [2.45, 2.75) is 0 Å². The summed E-state index contributed by atoms with van der Waals surface area (Å²) in [5.41, 5.74) is -0.0903. The zero-order valence-electron chi connectivity index (χ0n) is 14.1. The molecular weight excluding hydrogens is 513 g/mol. The second kappa shape index (κ2) is 14.2. The Hall–Kier alpha value is -2.85. The number of carboxylic acid groups (broad SMARTS) is 3. The van der Waals surface area contributed by atoms with Gasteiger partial charge in [-0.3, -0.25) is 15.0 Å². The van der Waals surface area contributed by atoms with Gasteiger partial charge in [0.05, 0.1) is 35.0 Å². The van der Waals surface area contributed by atoms with Crippen LogP contribution in [-0.2, 0) is 0 Å². The van der Waals surface area contributed by atoms with Crippen LogP contribution >= 0.6 is 0 Å². The number of carbonyl (C=O) groups excluding carboxylic acids is 3. The summed E-state index contributed by atoms with van der Waals surface area (Å²) < 4.78 is 0. The van der Waals surface area contributed by atoms with Gasteiger partial charge in [-0.1, -0.05) is 18.2 Å². The third kappa shape index (κ3) is 10.3. The van der Waals surface area contributed by atoms with E-state index in [1.54, 1.807) is 36.4 Å². The van der Waals surface area contributed by atoms with Gasteiger partial charge in [0.2, 0.25) is 0 Å². The summed E-state index contributed by atoms with van der Waals surface area (Å²) >= 11 is 0. The van der Waals surface area contributed by atoms with Crippen molar-refractivity contribution in [1.29, 1.82) is 0 Å². The first-order valence-corrected chi connectivity index (χ1v) is 7.29. The maximum absolute atomic E-state index is 10.0. The van der Waals surface area contributed by atoms with Crippen molar-refractivity contribution in [3.05, 3.63) is 90.3 Å². The molecule has 0 saturated carbocycles. The van der Waals surface area contributed by atoms with E-state index >= 15 is 0 Å². The van der Waals surface area contributed by atoms with E-state index in [2.05, 4.69) is 15.0 Å². The summed E-state index contributed by atoms with van der Waals surface area (Å²) in [5.74, 6) is -3.72. The Balaban J connectivity index is 0.000000384. The van der Waals surface area contributed by atoms with Crippen LogP contribution in [0.1, 0.15) is 31.5 Å². The Morgan fingerprint density at radius 1 is 0.536 bits per heavy atom. The molecule has 0 aliphatic carbocycles. The summed E-state index contributed by atoms with van der Waals surface area (Å²) in [6.07, 6.45) is 4.22. The van der Waals surface area contributed by atoms with E-state index < -0.39 is 17.9 Å². The number of carboxylic acids is 3. The fraction of sp³-hybridized carbons (Fsp3) is 0. The van der Waals surface area contributed by atoms with E-state index in [4.69, 9.17) is 0 Å². The van der Waals surface area contributed by atoms with Crippen LogP contribution in [0.25, 0.3) is 0 Å². The van der Waals surface area contributed by atoms with Crippen LogP contribution in [0.5, 0.6) is 0 Å². The zero-order chi connectivity index (χ0) is 20.1. The molecule has 0 radical (unpaired) electrons. The van der Waals surface area contributed by atoms with Gasteiger partial charge in [0.1, 0.15) is 0 Å². The normalized spacial score (nSPS) is 8.57. The Labute approximate surface area is 190 Å². The van der Waals surface area contributed by atoms with E-state index in [1.165, 1.54) is 36.8 Å². The van der Waals surface area contributed by atoms with Gasteiger partial charge >= 0.3 is 38.6 Å². The van der Waals surface area contributed by atoms with Crippen LogP contribution in [0, 0.1) is 38.6 Å². The van der Waals surface area contributed by atoms with E-state index in [1.807, 2.05) is 0 Å². The molecule has 0 amide bonds. The fourth-order valence-electron chi connectivity index (χ4n) is 1.45. The Bertz CT molecular complexity index is 747. The monoisotopic (exact) mass is 525 g/mol. The number of pyridine rings is 3. The summed E-state index contributed by atoms with van der Waals surface area (Å²) in [6.45, 7) is 0. The maximum Gasteiger partial charge on any atom is 3.00 e. The molecule has 144 valence electrons. The Morgan fingerprint density at radius 3 is 0.893 bits per heavy atom. The van der Waals surface area contributed by atoms with Crippen molar-refractivity contribution in [3.8, 4) is 0 Å². The van der Waals surface area contributed by atoms with Crippen LogP contribution in [0.4, 0.5) is 0 Å². The average molecular weight is 525 g/mol. The van der Waals surface area contributed by atoms with Crippen molar-refractivity contribution in [1.82, 2.24) is 15.0 Å². The van der Waals surface area contributed by atoms with Crippen molar-refractivity contribution in [3.63, 3.8) is 0 Å². The first-order chi connectivity index (χ1) is 12.9. The van der Waals surface area contributed by atoms with Crippen LogP contribution in [0.2, 0.25) is 0 Å². The zero-order valence-corrected chi connectivity index (χ0v) is 16.2. The second-order valence-corrected chi connectivity index (χ2v) is 4.51. The molecule has 0 aromatic carbocycles. The van der Waals surface area contributed by atoms with E-state index in [9.17, 15) is 29.7 Å². The molecule has 9 nitrogen and oxygen atoms in total. The third-order valence-electron chi connectivity index (χ3n) is 2.62. The molecule has 0 aliphatic rings. The van der Waals surface area contributed by atoms with Crippen LogP contribution < -0.4 is 15.3 Å². The number of hydrogen-bond acceptors (Lipinski definition) is 9. The van der Waals surface area contributed by atoms with Crippen molar-refractivity contribution in [2.75, 3.05) is 0 Å². The number of carbonyl (C=O) groups is 3. The van der Waals surface area contributed by atoms with Crippen molar-refractivity contribution >= 4 is 17.9 Å². The van der Waals surface area contributed by atoms with Gasteiger partial charge in [0.15, 0.2) is 0 Å². The molecule has 0 spiro atoms. The summed E-state index contributed by atoms with van der Waals surface area (Å²) in [5, 5.41) is 30.1. The molecule has 0 atom stereocenters. The van der Waals surface area contributed by atoms with Gasteiger partial charge in [0, 0.05) is 18.6 Å². The fourth-order valence-corrected chi connectivity index (χ4v) is 1.45. The minimum atomic E-state index is -1.24. The number of nitrogens with zero attached hydrogens (tertiary/aromatic N) is 3. The summed E-state index contributed by atoms with van der Waals surface area (Å²) in [4.78, 5) is 40.6. The standard InChI is InChI=1S/3C6H5NO2.Tb/c3*8-6(9)5-3-1-2-4-7-5;/h3*1-4H,(H,8,9);/q;;;+3/p-3. The van der Waals surface area contributed by atoms with Gasteiger partial charge in [-0.25, -0.2) is 0 Å². The molecule has 0 N–H and O–H groups in total. The first-order valence-electron chi connectivity index (χ1n) is 7.29. The van der Waals surface area contributed by atoms with Crippen molar-refractivity contribution < 1.29 is 68.3 Å². The molecule has 28 heavy (non-hydrogen) atoms. The minimum Gasteiger partial charge on any atom is -0.543 e. The predicted octanol–water partition coefficient (Wildman–Crippen LogP) is -1.66. The maximum atomic E-state index is 10.0. The number of aromatic carboxylic acids is 3. The molecule has 0 bridgehead atoms. The largest absolute Gasteiger partial charge is 3.00 e. The Kier molecular flexibility index (Phi) is 12.8. The first kappa shape index (κ1) is 25.1. The second-order valence-electron chi connectivity index (χ2n) is 4.51. The number of aromatic nitrogens is 3. The predicted molar refractivity (Wildman–Crippen MR) is 85.7 cm³/mol. The van der Waals surface area contributed by atoms with E-state index in [0.29, 0.717) is 0 Å². The minimum absolute atomic E-state index is 0. The molecule has 0 saturated heterocycles. The molecule has 3 rings (SSSR count). The molecule has 0 fully saturated rings. The number of rotatable bonds is 3. The van der Waals surface area contributed by atoms with Crippen LogP contribution in [0.3, 0.4) is 0 Å². The summed E-state index contributed by atoms with van der Waals surface area (Å²) in [7, 11) is 0. The molecule has 0 aliphatic heterocycles. The topological polar surface area (TPSA) is 159 Å². The molecule has 10 heteroatoms. The third-order valence-corrected chi connectivity index (χ3v) is 2.62. The van der Waals surface area contributed by atoms with Crippen molar-refractivity contribution in [2.24, 2.45) is 0 Å². The van der Waals surface area contributed by atoms with Gasteiger partial charge in [0.25, 0.3) is 0 Å². The van der Waals surface area contributed by atoms with Gasteiger partial charge in [-0.05, 0) is 36.4 Å². The molecule has 0 unspecified atom stereocenters. The van der Waals surface area contributed by atoms with E-state index in [-0.39, 0.29) is 55.7 Å². The molecule has 3 heterocycles. The van der Waals surface area contributed by atoms with Crippen LogP contribution in [-0.4, -0.2) is 32.9 Å². The average Bonchev–Trinajstić information content (AvgIpc) is 2.71. The molecule has 3 aromatic heterocycles. The van der Waals surface area contributed by atoms with E-state index in [0.717, 1.165) is 0 Å². The Morgan fingerprint density at radius 2 is 0.786 bits per heavy atom. The summed E-state index contributed by atoms with van der Waals surface area (Å²) in [6, 6.07) is 13.9. The van der Waals surface area contributed by atoms with Gasteiger partial charge < -0.3 is 29.7 Å². The van der Waals surface area contributed by atoms with Gasteiger partial charge in [-0.2, -0.15) is 0 Å². The van der Waals surface area contributed by atoms with Crippen LogP contribution in [0.15, 0.2) is 73.2 Å². The SMILES string of the molecule is O=C([O-])c1ccccn1.O=C([O-])c1ccccn1.O=C([O-])c1ccccn1.[Tb+3].